The van der Waals surface area contributed by atoms with Crippen LogP contribution in [-0.4, -0.2) is 30.0 Å². The van der Waals surface area contributed by atoms with E-state index in [9.17, 15) is 4.79 Å². The summed E-state index contributed by atoms with van der Waals surface area (Å²) in [7, 11) is 0. The maximum absolute atomic E-state index is 11.9. The zero-order valence-corrected chi connectivity index (χ0v) is 12.6. The zero-order valence-electron chi connectivity index (χ0n) is 11.0. The van der Waals surface area contributed by atoms with E-state index in [-0.39, 0.29) is 5.91 Å². The van der Waals surface area contributed by atoms with Crippen LogP contribution in [0, 0.1) is 6.92 Å². The molecule has 1 aliphatic heterocycles. The topological polar surface area (TPSA) is 41.1 Å². The van der Waals surface area contributed by atoms with Gasteiger partial charge in [-0.15, -0.1) is 11.8 Å². The van der Waals surface area contributed by atoms with Gasteiger partial charge in [0, 0.05) is 5.25 Å². The third-order valence-corrected chi connectivity index (χ3v) is 4.82. The number of anilines is 1. The van der Waals surface area contributed by atoms with E-state index in [2.05, 4.69) is 10.6 Å². The van der Waals surface area contributed by atoms with Crippen molar-refractivity contribution >= 4 is 35.0 Å². The van der Waals surface area contributed by atoms with Crippen molar-refractivity contribution in [2.45, 2.75) is 25.0 Å². The van der Waals surface area contributed by atoms with Crippen LogP contribution in [0.25, 0.3) is 0 Å². The van der Waals surface area contributed by atoms with Crippen LogP contribution < -0.4 is 10.6 Å². The summed E-state index contributed by atoms with van der Waals surface area (Å²) in [4.78, 5) is 11.9. The van der Waals surface area contributed by atoms with Crippen LogP contribution in [0.2, 0.25) is 5.02 Å². The molecule has 1 amide bonds. The van der Waals surface area contributed by atoms with Crippen LogP contribution in [0.15, 0.2) is 18.2 Å². The van der Waals surface area contributed by atoms with Gasteiger partial charge in [-0.1, -0.05) is 17.7 Å². The summed E-state index contributed by atoms with van der Waals surface area (Å²) in [6.45, 7) is 4.09. The maximum Gasteiger partial charge on any atom is 0.234 e. The first-order chi connectivity index (χ1) is 9.15. The molecule has 1 aromatic carbocycles. The summed E-state index contributed by atoms with van der Waals surface area (Å²) in [6.07, 6.45) is 2.28. The normalized spacial score (nSPS) is 16.3. The number of nitrogens with one attached hydrogen (secondary N) is 2. The van der Waals surface area contributed by atoms with Crippen molar-refractivity contribution in [3.05, 3.63) is 28.8 Å². The number of piperidine rings is 1. The molecule has 0 saturated carbocycles. The van der Waals surface area contributed by atoms with Crippen molar-refractivity contribution < 1.29 is 4.79 Å². The molecule has 3 nitrogen and oxygen atoms in total. The number of carbonyl (C=O) groups is 1. The summed E-state index contributed by atoms with van der Waals surface area (Å²) in [5, 5.41) is 7.39. The Morgan fingerprint density at radius 1 is 1.47 bits per heavy atom. The van der Waals surface area contributed by atoms with E-state index in [4.69, 9.17) is 11.6 Å². The molecule has 0 atom stereocenters. The van der Waals surface area contributed by atoms with E-state index in [1.54, 1.807) is 11.8 Å². The molecule has 0 bridgehead atoms. The Labute approximate surface area is 123 Å². The van der Waals surface area contributed by atoms with Gasteiger partial charge < -0.3 is 10.6 Å². The van der Waals surface area contributed by atoms with Crippen LogP contribution in [0.3, 0.4) is 0 Å². The van der Waals surface area contributed by atoms with Crippen LogP contribution in [0.1, 0.15) is 18.4 Å². The van der Waals surface area contributed by atoms with Crippen LogP contribution in [-0.2, 0) is 4.79 Å². The van der Waals surface area contributed by atoms with Gasteiger partial charge in [0.05, 0.1) is 16.5 Å². The lowest BCUT2D eigenvalue weighted by Gasteiger charge is -2.21. The summed E-state index contributed by atoms with van der Waals surface area (Å²) >= 11 is 7.83. The predicted octanol–water partition coefficient (Wildman–Crippen LogP) is 3.07. The largest absolute Gasteiger partial charge is 0.324 e. The lowest BCUT2D eigenvalue weighted by molar-refractivity contribution is -0.113. The number of hydrogen-bond acceptors (Lipinski definition) is 3. The van der Waals surface area contributed by atoms with Gasteiger partial charge in [0.25, 0.3) is 0 Å². The molecule has 1 heterocycles. The average Bonchev–Trinajstić information content (AvgIpc) is 2.41. The Balaban J connectivity index is 1.80. The number of halogens is 1. The fourth-order valence-corrected chi connectivity index (χ4v) is 3.37. The molecule has 1 fully saturated rings. The average molecular weight is 299 g/mol. The van der Waals surface area contributed by atoms with Gasteiger partial charge >= 0.3 is 0 Å². The van der Waals surface area contributed by atoms with Crippen molar-refractivity contribution in [3.63, 3.8) is 0 Å². The molecule has 1 aromatic rings. The summed E-state index contributed by atoms with van der Waals surface area (Å²) in [5.41, 5.74) is 1.79. The van der Waals surface area contributed by atoms with E-state index in [1.165, 1.54) is 0 Å². The SMILES string of the molecule is Cc1ccc(NC(=O)CSC2CCNCC2)c(Cl)c1. The summed E-state index contributed by atoms with van der Waals surface area (Å²) in [5.74, 6) is 0.517. The zero-order chi connectivity index (χ0) is 13.7. The van der Waals surface area contributed by atoms with Crippen molar-refractivity contribution in [3.8, 4) is 0 Å². The van der Waals surface area contributed by atoms with Gasteiger partial charge in [0.2, 0.25) is 5.91 Å². The minimum absolute atomic E-state index is 0.0225. The van der Waals surface area contributed by atoms with Gasteiger partial charge in [-0.3, -0.25) is 4.79 Å². The van der Waals surface area contributed by atoms with E-state index in [0.717, 1.165) is 31.5 Å². The molecule has 5 heteroatoms. The fourth-order valence-electron chi connectivity index (χ4n) is 2.06. The first-order valence-electron chi connectivity index (χ1n) is 6.53. The third kappa shape index (κ3) is 4.71. The molecule has 0 unspecified atom stereocenters. The second-order valence-electron chi connectivity index (χ2n) is 4.79. The van der Waals surface area contributed by atoms with E-state index < -0.39 is 0 Å². The summed E-state index contributed by atoms with van der Waals surface area (Å²) < 4.78 is 0. The number of amides is 1. The van der Waals surface area contributed by atoms with Crippen LogP contribution >= 0.6 is 23.4 Å². The molecule has 2 N–H and O–H groups in total. The molecular formula is C14H19ClN2OS. The fraction of sp³-hybridized carbons (Fsp3) is 0.500. The molecule has 0 aromatic heterocycles. The second-order valence-corrected chi connectivity index (χ2v) is 6.49. The second kappa shape index (κ2) is 7.17. The van der Waals surface area contributed by atoms with Crippen molar-refractivity contribution in [2.75, 3.05) is 24.2 Å². The molecular weight excluding hydrogens is 280 g/mol. The molecule has 0 radical (unpaired) electrons. The number of carbonyl (C=O) groups excluding carboxylic acids is 1. The number of hydrogen-bond donors (Lipinski definition) is 2. The van der Waals surface area contributed by atoms with Gasteiger partial charge in [-0.05, 0) is 50.6 Å². The Morgan fingerprint density at radius 3 is 2.89 bits per heavy atom. The lowest BCUT2D eigenvalue weighted by atomic mass is 10.2. The Kier molecular flexibility index (Phi) is 5.55. The lowest BCUT2D eigenvalue weighted by Crippen LogP contribution is -2.30. The molecule has 1 saturated heterocycles. The molecule has 0 spiro atoms. The highest BCUT2D eigenvalue weighted by Gasteiger charge is 2.15. The molecule has 104 valence electrons. The van der Waals surface area contributed by atoms with Crippen LogP contribution in [0.4, 0.5) is 5.69 Å². The number of aryl methyl sites for hydroxylation is 1. The predicted molar refractivity (Wildman–Crippen MR) is 83.2 cm³/mol. The highest BCUT2D eigenvalue weighted by molar-refractivity contribution is 8.00. The highest BCUT2D eigenvalue weighted by Crippen LogP contribution is 2.24. The van der Waals surface area contributed by atoms with Gasteiger partial charge in [0.15, 0.2) is 0 Å². The highest BCUT2D eigenvalue weighted by atomic mass is 35.5. The monoisotopic (exact) mass is 298 g/mol. The smallest absolute Gasteiger partial charge is 0.234 e. The van der Waals surface area contributed by atoms with Gasteiger partial charge in [-0.2, -0.15) is 0 Å². The number of rotatable bonds is 4. The number of thioether (sulfide) groups is 1. The quantitative estimate of drug-likeness (QED) is 0.897. The Morgan fingerprint density at radius 2 is 2.21 bits per heavy atom. The minimum atomic E-state index is 0.0225. The van der Waals surface area contributed by atoms with Crippen molar-refractivity contribution in [2.24, 2.45) is 0 Å². The molecule has 2 rings (SSSR count). The molecule has 0 aliphatic carbocycles. The summed E-state index contributed by atoms with van der Waals surface area (Å²) in [6, 6.07) is 5.66. The standard InChI is InChI=1S/C14H19ClN2OS/c1-10-2-3-13(12(15)8-10)17-14(18)9-19-11-4-6-16-7-5-11/h2-3,8,11,16H,4-7,9H2,1H3,(H,17,18). The number of benzene rings is 1. The van der Waals surface area contributed by atoms with Crippen molar-refractivity contribution in [1.29, 1.82) is 0 Å². The van der Waals surface area contributed by atoms with Gasteiger partial charge in [0.1, 0.15) is 0 Å². The third-order valence-electron chi connectivity index (χ3n) is 3.13. The Hall–Kier alpha value is -0.710. The van der Waals surface area contributed by atoms with Crippen molar-refractivity contribution in [1.82, 2.24) is 5.32 Å². The van der Waals surface area contributed by atoms with Gasteiger partial charge in [-0.25, -0.2) is 0 Å². The molecule has 19 heavy (non-hydrogen) atoms. The molecule has 1 aliphatic rings. The van der Waals surface area contributed by atoms with Crippen LogP contribution in [0.5, 0.6) is 0 Å². The van der Waals surface area contributed by atoms with E-state index in [1.807, 2.05) is 25.1 Å². The maximum atomic E-state index is 11.9. The van der Waals surface area contributed by atoms with E-state index >= 15 is 0 Å². The first kappa shape index (κ1) is 14.7. The van der Waals surface area contributed by atoms with E-state index in [0.29, 0.717) is 21.7 Å². The minimum Gasteiger partial charge on any atom is -0.324 e. The Bertz CT molecular complexity index is 447. The first-order valence-corrected chi connectivity index (χ1v) is 7.96.